The normalized spacial score (nSPS) is 10.7. The van der Waals surface area contributed by atoms with E-state index in [0.717, 1.165) is 0 Å². The van der Waals surface area contributed by atoms with E-state index >= 15 is 0 Å². The molecule has 0 bridgehead atoms. The Hall–Kier alpha value is -2.46. The summed E-state index contributed by atoms with van der Waals surface area (Å²) in [7, 11) is 0. The molecular formula is C15H9ClN2O2. The molecule has 20 heavy (non-hydrogen) atoms. The second kappa shape index (κ2) is 4.90. The molecule has 0 spiro atoms. The first-order valence-electron chi connectivity index (χ1n) is 5.90. The van der Waals surface area contributed by atoms with Crippen LogP contribution in [0.25, 0.3) is 22.3 Å². The highest BCUT2D eigenvalue weighted by Crippen LogP contribution is 2.25. The van der Waals surface area contributed by atoms with Gasteiger partial charge in [0.25, 0.3) is 0 Å². The predicted molar refractivity (Wildman–Crippen MR) is 76.9 cm³/mol. The summed E-state index contributed by atoms with van der Waals surface area (Å²) < 4.78 is 0. The number of halogens is 1. The quantitative estimate of drug-likeness (QED) is 0.780. The molecule has 0 aliphatic carbocycles. The van der Waals surface area contributed by atoms with Crippen molar-refractivity contribution < 1.29 is 9.90 Å². The van der Waals surface area contributed by atoms with E-state index in [0.29, 0.717) is 27.3 Å². The molecule has 0 saturated carbocycles. The second-order valence-electron chi connectivity index (χ2n) is 4.24. The fourth-order valence-corrected chi connectivity index (χ4v) is 2.19. The van der Waals surface area contributed by atoms with Crippen molar-refractivity contribution in [3.05, 3.63) is 59.2 Å². The minimum Gasteiger partial charge on any atom is -0.478 e. The number of aromatic nitrogens is 2. The van der Waals surface area contributed by atoms with E-state index in [2.05, 4.69) is 9.97 Å². The Morgan fingerprint density at radius 3 is 2.65 bits per heavy atom. The van der Waals surface area contributed by atoms with E-state index in [9.17, 15) is 9.90 Å². The third-order valence-corrected chi connectivity index (χ3v) is 3.16. The molecule has 2 aromatic heterocycles. The van der Waals surface area contributed by atoms with Crippen LogP contribution in [0.15, 0.2) is 48.7 Å². The summed E-state index contributed by atoms with van der Waals surface area (Å²) in [5.74, 6) is -1.00. The fourth-order valence-electron chi connectivity index (χ4n) is 2.02. The van der Waals surface area contributed by atoms with Gasteiger partial charge in [-0.05, 0) is 30.3 Å². The van der Waals surface area contributed by atoms with Gasteiger partial charge in [-0.3, -0.25) is 4.98 Å². The third-order valence-electron chi connectivity index (χ3n) is 2.93. The van der Waals surface area contributed by atoms with Gasteiger partial charge in [0.05, 0.1) is 22.5 Å². The van der Waals surface area contributed by atoms with Gasteiger partial charge in [-0.1, -0.05) is 23.7 Å². The van der Waals surface area contributed by atoms with Gasteiger partial charge < -0.3 is 5.11 Å². The van der Waals surface area contributed by atoms with E-state index in [4.69, 9.17) is 11.6 Å². The number of aromatic carboxylic acids is 1. The molecule has 4 nitrogen and oxygen atoms in total. The highest BCUT2D eigenvalue weighted by atomic mass is 35.5. The number of rotatable bonds is 2. The van der Waals surface area contributed by atoms with Crippen molar-refractivity contribution >= 4 is 28.5 Å². The van der Waals surface area contributed by atoms with E-state index in [1.807, 2.05) is 6.07 Å². The van der Waals surface area contributed by atoms with Crippen molar-refractivity contribution in [2.45, 2.75) is 0 Å². The maximum absolute atomic E-state index is 11.4. The number of hydrogen-bond acceptors (Lipinski definition) is 3. The van der Waals surface area contributed by atoms with E-state index in [1.54, 1.807) is 36.5 Å². The Morgan fingerprint density at radius 2 is 1.95 bits per heavy atom. The SMILES string of the molecule is O=C(O)c1cc(-c2ccccn2)nc2cc(Cl)ccc12. The lowest BCUT2D eigenvalue weighted by atomic mass is 10.1. The number of carboxylic acids is 1. The van der Waals surface area contributed by atoms with Gasteiger partial charge in [-0.15, -0.1) is 0 Å². The lowest BCUT2D eigenvalue weighted by Gasteiger charge is -2.06. The Kier molecular flexibility index (Phi) is 3.08. The summed E-state index contributed by atoms with van der Waals surface area (Å²) in [6.07, 6.45) is 1.64. The van der Waals surface area contributed by atoms with E-state index in [1.165, 1.54) is 6.07 Å². The van der Waals surface area contributed by atoms with Gasteiger partial charge in [-0.25, -0.2) is 9.78 Å². The zero-order valence-electron chi connectivity index (χ0n) is 10.2. The average molecular weight is 285 g/mol. The molecule has 2 heterocycles. The van der Waals surface area contributed by atoms with Gasteiger partial charge in [0.1, 0.15) is 0 Å². The maximum atomic E-state index is 11.4. The van der Waals surface area contributed by atoms with Crippen molar-refractivity contribution in [3.63, 3.8) is 0 Å². The molecule has 0 radical (unpaired) electrons. The van der Waals surface area contributed by atoms with Crippen LogP contribution in [0.5, 0.6) is 0 Å². The summed E-state index contributed by atoms with van der Waals surface area (Å²) in [6.45, 7) is 0. The Balaban J connectivity index is 2.32. The molecule has 98 valence electrons. The van der Waals surface area contributed by atoms with E-state index in [-0.39, 0.29) is 5.56 Å². The molecule has 1 N–H and O–H groups in total. The Labute approximate surface area is 119 Å². The molecule has 0 amide bonds. The standard InChI is InChI=1S/C15H9ClN2O2/c16-9-4-5-10-11(15(19)20)8-14(18-13(10)7-9)12-3-1-2-6-17-12/h1-8H,(H,19,20). The van der Waals surface area contributed by atoms with Crippen molar-refractivity contribution in [2.24, 2.45) is 0 Å². The number of pyridine rings is 2. The van der Waals surface area contributed by atoms with Crippen LogP contribution in [0.3, 0.4) is 0 Å². The number of carboxylic acid groups (broad SMARTS) is 1. The van der Waals surface area contributed by atoms with Gasteiger partial charge in [0, 0.05) is 16.6 Å². The molecule has 1 aromatic carbocycles. The van der Waals surface area contributed by atoms with Crippen molar-refractivity contribution in [1.29, 1.82) is 0 Å². The minimum atomic E-state index is -1.00. The highest BCUT2D eigenvalue weighted by Gasteiger charge is 2.13. The number of hydrogen-bond donors (Lipinski definition) is 1. The molecule has 5 heteroatoms. The van der Waals surface area contributed by atoms with Crippen molar-refractivity contribution in [1.82, 2.24) is 9.97 Å². The van der Waals surface area contributed by atoms with Gasteiger partial charge in [-0.2, -0.15) is 0 Å². The summed E-state index contributed by atoms with van der Waals surface area (Å²) in [5, 5.41) is 10.4. The molecule has 0 fully saturated rings. The zero-order valence-corrected chi connectivity index (χ0v) is 11.0. The fraction of sp³-hybridized carbons (Fsp3) is 0. The number of nitrogens with zero attached hydrogens (tertiary/aromatic N) is 2. The van der Waals surface area contributed by atoms with Gasteiger partial charge in [0.15, 0.2) is 0 Å². The molecule has 3 aromatic rings. The predicted octanol–water partition coefficient (Wildman–Crippen LogP) is 3.65. The Bertz CT molecular complexity index is 804. The number of benzene rings is 1. The maximum Gasteiger partial charge on any atom is 0.336 e. The molecule has 0 atom stereocenters. The molecular weight excluding hydrogens is 276 g/mol. The van der Waals surface area contributed by atoms with Gasteiger partial charge >= 0.3 is 5.97 Å². The second-order valence-corrected chi connectivity index (χ2v) is 4.67. The lowest BCUT2D eigenvalue weighted by molar-refractivity contribution is 0.0699. The van der Waals surface area contributed by atoms with Crippen LogP contribution in [0.2, 0.25) is 5.02 Å². The molecule has 0 unspecified atom stereocenters. The van der Waals surface area contributed by atoms with Crippen LogP contribution in [0.4, 0.5) is 0 Å². The van der Waals surface area contributed by atoms with Crippen molar-refractivity contribution in [2.75, 3.05) is 0 Å². The summed E-state index contributed by atoms with van der Waals surface area (Å²) in [6, 6.07) is 11.9. The first-order valence-corrected chi connectivity index (χ1v) is 6.28. The van der Waals surface area contributed by atoms with Crippen LogP contribution >= 0.6 is 11.6 Å². The monoisotopic (exact) mass is 284 g/mol. The third kappa shape index (κ3) is 2.21. The molecule has 0 aliphatic rings. The zero-order chi connectivity index (χ0) is 14.1. The number of fused-ring (bicyclic) bond motifs is 1. The summed E-state index contributed by atoms with van der Waals surface area (Å²) >= 11 is 5.95. The summed E-state index contributed by atoms with van der Waals surface area (Å²) in [5.41, 5.74) is 1.86. The first-order chi connectivity index (χ1) is 9.65. The molecule has 0 saturated heterocycles. The van der Waals surface area contributed by atoms with Gasteiger partial charge in [0.2, 0.25) is 0 Å². The number of carbonyl (C=O) groups is 1. The van der Waals surface area contributed by atoms with Crippen LogP contribution in [-0.4, -0.2) is 21.0 Å². The Morgan fingerprint density at radius 1 is 1.10 bits per heavy atom. The average Bonchev–Trinajstić information content (AvgIpc) is 2.46. The minimum absolute atomic E-state index is 0.187. The largest absolute Gasteiger partial charge is 0.478 e. The molecule has 0 aliphatic heterocycles. The van der Waals surface area contributed by atoms with Crippen LogP contribution in [-0.2, 0) is 0 Å². The first kappa shape index (κ1) is 12.6. The molecule has 3 rings (SSSR count). The topological polar surface area (TPSA) is 63.1 Å². The highest BCUT2D eigenvalue weighted by molar-refractivity contribution is 6.31. The van der Waals surface area contributed by atoms with Crippen molar-refractivity contribution in [3.8, 4) is 11.4 Å². The van der Waals surface area contributed by atoms with E-state index < -0.39 is 5.97 Å². The summed E-state index contributed by atoms with van der Waals surface area (Å²) in [4.78, 5) is 20.0. The van der Waals surface area contributed by atoms with Crippen LogP contribution < -0.4 is 0 Å². The van der Waals surface area contributed by atoms with Crippen LogP contribution in [0, 0.1) is 0 Å². The van der Waals surface area contributed by atoms with Crippen LogP contribution in [0.1, 0.15) is 10.4 Å². The smallest absolute Gasteiger partial charge is 0.336 e. The lowest BCUT2D eigenvalue weighted by Crippen LogP contribution is -2.00.